The summed E-state index contributed by atoms with van der Waals surface area (Å²) in [6.45, 7) is 1.78. The van der Waals surface area contributed by atoms with Crippen molar-refractivity contribution in [3.63, 3.8) is 0 Å². The molecule has 3 rings (SSSR count). The van der Waals surface area contributed by atoms with Gasteiger partial charge < -0.3 is 5.73 Å². The van der Waals surface area contributed by atoms with E-state index in [1.807, 2.05) is 0 Å². The van der Waals surface area contributed by atoms with E-state index in [1.54, 1.807) is 37.3 Å². The quantitative estimate of drug-likeness (QED) is 0.576. The van der Waals surface area contributed by atoms with Gasteiger partial charge in [-0.25, -0.2) is 4.98 Å². The van der Waals surface area contributed by atoms with Crippen molar-refractivity contribution >= 4 is 22.5 Å². The zero-order valence-corrected chi connectivity index (χ0v) is 13.3. The third-order valence-electron chi connectivity index (χ3n) is 3.65. The number of nitrogens with zero attached hydrogens (tertiary/aromatic N) is 2. The maximum atomic E-state index is 13.1. The Balaban J connectivity index is 2.31. The van der Waals surface area contributed by atoms with Crippen LogP contribution in [-0.2, 0) is 0 Å². The fraction of sp³-hybridized carbons (Fsp3) is 0.176. The average molecular weight is 351 g/mol. The van der Waals surface area contributed by atoms with Gasteiger partial charge in [0.2, 0.25) is 0 Å². The fourth-order valence-corrected chi connectivity index (χ4v) is 2.64. The standard InChI is InChI=1S/C17H12ClF3N3/c1-9-5-6-11(8-23-9)14-12(16(22)17(19,20)21)7-10-3-2-4-13(18)15(10)24-14/h2-8,16,22H,1H3/q-1/t16-/m1/s1. The Hall–Kier alpha value is -2.18. The number of aryl methyl sites for hydroxylation is 1. The zero-order valence-electron chi connectivity index (χ0n) is 12.5. The molecule has 3 nitrogen and oxygen atoms in total. The van der Waals surface area contributed by atoms with Crippen LogP contribution in [0.1, 0.15) is 17.3 Å². The van der Waals surface area contributed by atoms with Gasteiger partial charge in [-0.3, -0.25) is 4.98 Å². The van der Waals surface area contributed by atoms with Gasteiger partial charge in [-0.05, 0) is 42.8 Å². The van der Waals surface area contributed by atoms with Crippen molar-refractivity contribution in [2.24, 2.45) is 0 Å². The van der Waals surface area contributed by atoms with Crippen LogP contribution >= 0.6 is 11.6 Å². The molecule has 0 aliphatic heterocycles. The zero-order chi connectivity index (χ0) is 17.5. The number of fused-ring (bicyclic) bond motifs is 1. The van der Waals surface area contributed by atoms with Crippen LogP contribution in [0.4, 0.5) is 13.2 Å². The van der Waals surface area contributed by atoms with Crippen molar-refractivity contribution < 1.29 is 13.2 Å². The molecule has 0 aliphatic rings. The largest absolute Gasteiger partial charge is 0.663 e. The molecule has 24 heavy (non-hydrogen) atoms. The molecule has 0 bridgehead atoms. The molecule has 0 saturated heterocycles. The maximum absolute atomic E-state index is 13.1. The first-order chi connectivity index (χ1) is 11.3. The summed E-state index contributed by atoms with van der Waals surface area (Å²) < 4.78 is 39.4. The lowest BCUT2D eigenvalue weighted by molar-refractivity contribution is -0.139. The first-order valence-corrected chi connectivity index (χ1v) is 7.45. The van der Waals surface area contributed by atoms with Gasteiger partial charge in [-0.2, -0.15) is 13.2 Å². The van der Waals surface area contributed by atoms with Crippen molar-refractivity contribution in [3.8, 4) is 11.3 Å². The highest BCUT2D eigenvalue weighted by atomic mass is 35.5. The summed E-state index contributed by atoms with van der Waals surface area (Å²) in [5, 5.41) is 0.803. The molecule has 0 unspecified atom stereocenters. The molecule has 1 N–H and O–H groups in total. The van der Waals surface area contributed by atoms with Crippen molar-refractivity contribution in [1.29, 1.82) is 0 Å². The van der Waals surface area contributed by atoms with Gasteiger partial charge in [0.25, 0.3) is 0 Å². The SMILES string of the molecule is Cc1ccc(-c2nc3c(Cl)cccc3cc2[C@@H]([NH-])C(F)(F)F)cn1. The van der Waals surface area contributed by atoms with E-state index in [-0.39, 0.29) is 11.3 Å². The van der Waals surface area contributed by atoms with Gasteiger partial charge in [-0.1, -0.05) is 23.7 Å². The number of aromatic nitrogens is 2. The second kappa shape index (κ2) is 6.03. The van der Waals surface area contributed by atoms with Crippen molar-refractivity contribution in [3.05, 3.63) is 64.6 Å². The summed E-state index contributed by atoms with van der Waals surface area (Å²) in [6, 6.07) is 7.13. The third-order valence-corrected chi connectivity index (χ3v) is 3.95. The molecular formula is C17H12ClF3N3-. The van der Waals surface area contributed by atoms with E-state index in [1.165, 1.54) is 12.3 Å². The molecule has 3 aromatic rings. The number of para-hydroxylation sites is 1. The Labute approximate surface area is 141 Å². The molecule has 1 aromatic carbocycles. The minimum atomic E-state index is -4.69. The summed E-state index contributed by atoms with van der Waals surface area (Å²) in [5.41, 5.74) is 9.00. The van der Waals surface area contributed by atoms with E-state index in [0.29, 0.717) is 21.5 Å². The Morgan fingerprint density at radius 1 is 1.17 bits per heavy atom. The molecule has 7 heteroatoms. The summed E-state index contributed by atoms with van der Waals surface area (Å²) in [7, 11) is 0. The molecule has 0 spiro atoms. The van der Waals surface area contributed by atoms with Crippen LogP contribution < -0.4 is 0 Å². The minimum absolute atomic E-state index is 0.0698. The Kier molecular flexibility index (Phi) is 4.19. The Morgan fingerprint density at radius 3 is 2.54 bits per heavy atom. The van der Waals surface area contributed by atoms with Crippen LogP contribution in [-0.4, -0.2) is 16.1 Å². The van der Waals surface area contributed by atoms with E-state index in [9.17, 15) is 13.2 Å². The number of nitrogens with one attached hydrogen (secondary N) is 1. The van der Waals surface area contributed by atoms with Gasteiger partial charge >= 0.3 is 6.18 Å². The summed E-state index contributed by atoms with van der Waals surface area (Å²) in [4.78, 5) is 8.42. The highest BCUT2D eigenvalue weighted by Gasteiger charge is 2.34. The number of benzene rings is 1. The second-order valence-electron chi connectivity index (χ2n) is 5.40. The van der Waals surface area contributed by atoms with Crippen LogP contribution in [0.25, 0.3) is 27.9 Å². The van der Waals surface area contributed by atoms with Crippen LogP contribution in [0.3, 0.4) is 0 Å². The molecule has 124 valence electrons. The smallest absolute Gasteiger partial charge is 0.377 e. The topological polar surface area (TPSA) is 49.6 Å². The predicted molar refractivity (Wildman–Crippen MR) is 87.8 cm³/mol. The van der Waals surface area contributed by atoms with Crippen molar-refractivity contribution in [2.75, 3.05) is 0 Å². The monoisotopic (exact) mass is 350 g/mol. The van der Waals surface area contributed by atoms with Gasteiger partial charge in [0.05, 0.1) is 16.2 Å². The molecule has 1 atom stereocenters. The van der Waals surface area contributed by atoms with E-state index in [4.69, 9.17) is 17.3 Å². The van der Waals surface area contributed by atoms with Crippen molar-refractivity contribution in [2.45, 2.75) is 19.1 Å². The molecule has 0 amide bonds. The van der Waals surface area contributed by atoms with Crippen LogP contribution in [0.5, 0.6) is 0 Å². The maximum Gasteiger partial charge on any atom is 0.377 e. The van der Waals surface area contributed by atoms with Gasteiger partial charge in [0, 0.05) is 22.8 Å². The Bertz CT molecular complexity index is 892. The van der Waals surface area contributed by atoms with E-state index < -0.39 is 12.2 Å². The fourth-order valence-electron chi connectivity index (χ4n) is 2.41. The lowest BCUT2D eigenvalue weighted by Gasteiger charge is -2.26. The normalized spacial score (nSPS) is 13.2. The van der Waals surface area contributed by atoms with E-state index in [2.05, 4.69) is 9.97 Å². The molecule has 2 heterocycles. The van der Waals surface area contributed by atoms with E-state index >= 15 is 0 Å². The summed E-state index contributed by atoms with van der Waals surface area (Å²) >= 11 is 6.12. The van der Waals surface area contributed by atoms with Gasteiger partial charge in [-0.15, -0.1) is 0 Å². The van der Waals surface area contributed by atoms with Gasteiger partial charge in [0.15, 0.2) is 0 Å². The summed E-state index contributed by atoms with van der Waals surface area (Å²) in [6.07, 6.45) is -3.24. The lowest BCUT2D eigenvalue weighted by atomic mass is 9.98. The molecule has 0 fully saturated rings. The summed E-state index contributed by atoms with van der Waals surface area (Å²) in [5.74, 6) is 0. The molecular weight excluding hydrogens is 339 g/mol. The molecule has 0 saturated carbocycles. The minimum Gasteiger partial charge on any atom is -0.663 e. The Morgan fingerprint density at radius 2 is 1.92 bits per heavy atom. The number of rotatable bonds is 2. The van der Waals surface area contributed by atoms with Gasteiger partial charge in [0.1, 0.15) is 0 Å². The van der Waals surface area contributed by atoms with Crippen LogP contribution in [0.2, 0.25) is 5.02 Å². The average Bonchev–Trinajstić information content (AvgIpc) is 2.53. The highest BCUT2D eigenvalue weighted by Crippen LogP contribution is 2.40. The predicted octanol–water partition coefficient (Wildman–Crippen LogP) is 5.91. The number of pyridine rings is 2. The first kappa shape index (κ1) is 16.7. The number of hydrogen-bond donors (Lipinski definition) is 0. The number of hydrogen-bond acceptors (Lipinski definition) is 2. The third kappa shape index (κ3) is 3.07. The molecule has 0 radical (unpaired) electrons. The first-order valence-electron chi connectivity index (χ1n) is 7.07. The van der Waals surface area contributed by atoms with Crippen molar-refractivity contribution in [1.82, 2.24) is 9.97 Å². The highest BCUT2D eigenvalue weighted by molar-refractivity contribution is 6.35. The number of alkyl halides is 3. The van der Waals surface area contributed by atoms with Crippen LogP contribution in [0, 0.1) is 6.92 Å². The second-order valence-corrected chi connectivity index (χ2v) is 5.81. The van der Waals surface area contributed by atoms with Crippen LogP contribution in [0.15, 0.2) is 42.6 Å². The van der Waals surface area contributed by atoms with E-state index in [0.717, 1.165) is 5.69 Å². The molecule has 0 aliphatic carbocycles. The molecule has 2 aromatic heterocycles. The lowest BCUT2D eigenvalue weighted by Crippen LogP contribution is -2.18. The number of halogens is 4.